The van der Waals surface area contributed by atoms with E-state index in [2.05, 4.69) is 31.3 Å². The van der Waals surface area contributed by atoms with E-state index in [1.807, 2.05) is 0 Å². The van der Waals surface area contributed by atoms with Crippen molar-refractivity contribution in [2.45, 2.75) is 334 Å². The van der Waals surface area contributed by atoms with Crippen LogP contribution < -0.4 is 5.32 Å². The van der Waals surface area contributed by atoms with Gasteiger partial charge in [0.2, 0.25) is 5.91 Å². The topological polar surface area (TPSA) is 95.9 Å². The lowest BCUT2D eigenvalue weighted by atomic mass is 10.0. The lowest BCUT2D eigenvalue weighted by Gasteiger charge is -2.22. The van der Waals surface area contributed by atoms with Crippen molar-refractivity contribution < 1.29 is 24.5 Å². The zero-order valence-corrected chi connectivity index (χ0v) is 43.3. The van der Waals surface area contributed by atoms with E-state index >= 15 is 0 Å². The standard InChI is InChI=1S/C58H113NO5/c1-3-5-7-9-11-13-15-17-19-20-21-22-23-24-25-26-28-29-31-34-38-42-46-50-56(61)55(54-60)59-57(62)51-47-43-39-35-33-37-41-45-49-53-64-58(63)52-48-44-40-36-32-30-27-18-16-14-12-10-8-6-4-2/h18,27,55-56,60-61H,3-17,19-26,28-54H2,1-2H3,(H,59,62)/b27-18-. The molecule has 0 radical (unpaired) electrons. The molecule has 0 spiro atoms. The summed E-state index contributed by atoms with van der Waals surface area (Å²) in [5.74, 6) is -0.0910. The molecule has 0 aliphatic rings. The Hall–Kier alpha value is -1.40. The fourth-order valence-corrected chi connectivity index (χ4v) is 9.11. The normalized spacial score (nSPS) is 12.6. The fourth-order valence-electron chi connectivity index (χ4n) is 9.11. The van der Waals surface area contributed by atoms with Crippen molar-refractivity contribution in [1.29, 1.82) is 0 Å². The number of hydrogen-bond donors (Lipinski definition) is 3. The van der Waals surface area contributed by atoms with Crippen LogP contribution in [0.2, 0.25) is 0 Å². The van der Waals surface area contributed by atoms with Crippen LogP contribution in [0.15, 0.2) is 12.2 Å². The van der Waals surface area contributed by atoms with E-state index in [1.165, 1.54) is 231 Å². The molecule has 0 saturated heterocycles. The van der Waals surface area contributed by atoms with Crippen LogP contribution in [0.1, 0.15) is 322 Å². The van der Waals surface area contributed by atoms with Crippen molar-refractivity contribution in [1.82, 2.24) is 5.32 Å². The molecule has 2 atom stereocenters. The molecule has 2 unspecified atom stereocenters. The Kier molecular flexibility index (Phi) is 53.0. The second kappa shape index (κ2) is 54.2. The van der Waals surface area contributed by atoms with Crippen LogP contribution in [-0.2, 0) is 14.3 Å². The molecule has 0 heterocycles. The third kappa shape index (κ3) is 50.0. The second-order valence-corrected chi connectivity index (χ2v) is 20.0. The summed E-state index contributed by atoms with van der Waals surface area (Å²) in [4.78, 5) is 24.6. The zero-order valence-electron chi connectivity index (χ0n) is 43.3. The summed E-state index contributed by atoms with van der Waals surface area (Å²) in [6.07, 6.45) is 63.4. The molecule has 380 valence electrons. The summed E-state index contributed by atoms with van der Waals surface area (Å²) >= 11 is 0. The van der Waals surface area contributed by atoms with E-state index in [9.17, 15) is 19.8 Å². The number of carbonyl (C=O) groups is 2. The van der Waals surface area contributed by atoms with Crippen molar-refractivity contribution in [3.8, 4) is 0 Å². The average Bonchev–Trinajstić information content (AvgIpc) is 3.29. The maximum atomic E-state index is 12.5. The molecule has 0 bridgehead atoms. The van der Waals surface area contributed by atoms with Gasteiger partial charge in [0.1, 0.15) is 0 Å². The molecule has 64 heavy (non-hydrogen) atoms. The summed E-state index contributed by atoms with van der Waals surface area (Å²) in [7, 11) is 0. The van der Waals surface area contributed by atoms with Crippen LogP contribution in [-0.4, -0.2) is 47.4 Å². The van der Waals surface area contributed by atoms with Crippen LogP contribution >= 0.6 is 0 Å². The van der Waals surface area contributed by atoms with Crippen LogP contribution in [0.3, 0.4) is 0 Å². The number of rotatable bonds is 54. The molecule has 0 fully saturated rings. The molecule has 0 aromatic rings. The first-order chi connectivity index (χ1) is 31.5. The van der Waals surface area contributed by atoms with E-state index in [4.69, 9.17) is 4.74 Å². The molecule has 0 aromatic heterocycles. The van der Waals surface area contributed by atoms with E-state index in [-0.39, 0.29) is 18.5 Å². The fraction of sp³-hybridized carbons (Fsp3) is 0.931. The second-order valence-electron chi connectivity index (χ2n) is 20.0. The number of aliphatic hydroxyl groups is 2. The van der Waals surface area contributed by atoms with Gasteiger partial charge >= 0.3 is 5.97 Å². The Morgan fingerprint density at radius 2 is 0.734 bits per heavy atom. The third-order valence-corrected chi connectivity index (χ3v) is 13.6. The number of nitrogens with one attached hydrogen (secondary N) is 1. The van der Waals surface area contributed by atoms with Crippen molar-refractivity contribution in [3.63, 3.8) is 0 Å². The molecular weight excluding hydrogens is 791 g/mol. The predicted molar refractivity (Wildman–Crippen MR) is 278 cm³/mol. The summed E-state index contributed by atoms with van der Waals surface area (Å²) in [6, 6.07) is -0.562. The minimum Gasteiger partial charge on any atom is -0.466 e. The highest BCUT2D eigenvalue weighted by Crippen LogP contribution is 2.17. The number of amides is 1. The van der Waals surface area contributed by atoms with Gasteiger partial charge in [0.25, 0.3) is 0 Å². The number of hydrogen-bond acceptors (Lipinski definition) is 5. The Labute approximate surface area is 399 Å². The largest absolute Gasteiger partial charge is 0.466 e. The molecule has 3 N–H and O–H groups in total. The molecule has 0 aromatic carbocycles. The van der Waals surface area contributed by atoms with Gasteiger partial charge in [-0.1, -0.05) is 270 Å². The van der Waals surface area contributed by atoms with E-state index in [1.54, 1.807) is 0 Å². The highest BCUT2D eigenvalue weighted by Gasteiger charge is 2.20. The van der Waals surface area contributed by atoms with Crippen molar-refractivity contribution in [2.24, 2.45) is 0 Å². The Bertz CT molecular complexity index is 955. The Morgan fingerprint density at radius 3 is 1.11 bits per heavy atom. The molecular formula is C58H113NO5. The van der Waals surface area contributed by atoms with Gasteiger partial charge in [0.15, 0.2) is 0 Å². The van der Waals surface area contributed by atoms with E-state index < -0.39 is 12.1 Å². The summed E-state index contributed by atoms with van der Waals surface area (Å²) in [5.41, 5.74) is 0. The average molecular weight is 905 g/mol. The molecule has 6 nitrogen and oxygen atoms in total. The van der Waals surface area contributed by atoms with E-state index in [0.717, 1.165) is 57.8 Å². The number of esters is 1. The van der Waals surface area contributed by atoms with Gasteiger partial charge < -0.3 is 20.3 Å². The van der Waals surface area contributed by atoms with Gasteiger partial charge in [-0.05, 0) is 51.4 Å². The molecule has 0 rings (SSSR count). The quantitative estimate of drug-likeness (QED) is 0.0321. The highest BCUT2D eigenvalue weighted by atomic mass is 16.5. The van der Waals surface area contributed by atoms with Crippen LogP contribution in [0.5, 0.6) is 0 Å². The molecule has 0 saturated carbocycles. The number of carbonyl (C=O) groups excluding carboxylic acids is 2. The minimum atomic E-state index is -0.682. The summed E-state index contributed by atoms with van der Waals surface area (Å²) in [6.45, 7) is 4.90. The van der Waals surface area contributed by atoms with E-state index in [0.29, 0.717) is 25.9 Å². The maximum Gasteiger partial charge on any atom is 0.305 e. The number of allylic oxidation sites excluding steroid dienone is 2. The monoisotopic (exact) mass is 904 g/mol. The van der Waals surface area contributed by atoms with Gasteiger partial charge in [0, 0.05) is 12.8 Å². The molecule has 0 aliphatic heterocycles. The van der Waals surface area contributed by atoms with Gasteiger partial charge in [-0.3, -0.25) is 9.59 Å². The lowest BCUT2D eigenvalue weighted by molar-refractivity contribution is -0.143. The Morgan fingerprint density at radius 1 is 0.422 bits per heavy atom. The third-order valence-electron chi connectivity index (χ3n) is 13.6. The van der Waals surface area contributed by atoms with Crippen LogP contribution in [0.25, 0.3) is 0 Å². The van der Waals surface area contributed by atoms with Gasteiger partial charge in [0.05, 0.1) is 25.4 Å². The molecule has 6 heteroatoms. The minimum absolute atomic E-state index is 0.0316. The summed E-state index contributed by atoms with van der Waals surface area (Å²) in [5, 5.41) is 23.3. The summed E-state index contributed by atoms with van der Waals surface area (Å²) < 4.78 is 5.46. The molecule has 0 aliphatic carbocycles. The van der Waals surface area contributed by atoms with Crippen LogP contribution in [0, 0.1) is 0 Å². The predicted octanol–water partition coefficient (Wildman–Crippen LogP) is 17.7. The molecule has 1 amide bonds. The maximum absolute atomic E-state index is 12.5. The van der Waals surface area contributed by atoms with Crippen molar-refractivity contribution >= 4 is 11.9 Å². The number of unbranched alkanes of at least 4 members (excludes halogenated alkanes) is 41. The Balaban J connectivity index is 3.47. The smallest absolute Gasteiger partial charge is 0.305 e. The van der Waals surface area contributed by atoms with Gasteiger partial charge in [-0.2, -0.15) is 0 Å². The zero-order chi connectivity index (χ0) is 46.5. The van der Waals surface area contributed by atoms with Crippen LogP contribution in [0.4, 0.5) is 0 Å². The highest BCUT2D eigenvalue weighted by molar-refractivity contribution is 5.76. The number of ether oxygens (including phenoxy) is 1. The van der Waals surface area contributed by atoms with Gasteiger partial charge in [-0.15, -0.1) is 0 Å². The first kappa shape index (κ1) is 62.6. The SMILES string of the molecule is CCCCCCCC/C=C\CCCCCCCC(=O)OCCCCCCCCCCCC(=O)NC(CO)C(O)CCCCCCCCCCCCCCCCCCCCCCCCC. The first-order valence-electron chi connectivity index (χ1n) is 28.9. The van der Waals surface area contributed by atoms with Crippen molar-refractivity contribution in [3.05, 3.63) is 12.2 Å². The van der Waals surface area contributed by atoms with Crippen molar-refractivity contribution in [2.75, 3.05) is 13.2 Å². The lowest BCUT2D eigenvalue weighted by Crippen LogP contribution is -2.45. The number of aliphatic hydroxyl groups excluding tert-OH is 2. The first-order valence-corrected chi connectivity index (χ1v) is 28.9. The van der Waals surface area contributed by atoms with Gasteiger partial charge in [-0.25, -0.2) is 0 Å².